The monoisotopic (exact) mass is 198 g/mol. The fourth-order valence-corrected chi connectivity index (χ4v) is 1.88. The number of carbonyl (C=O) groups is 1. The molecule has 0 aromatic carbocycles. The number of carboxylic acids is 1. The van der Waals surface area contributed by atoms with Crippen molar-refractivity contribution in [2.75, 3.05) is 0 Å². The van der Waals surface area contributed by atoms with Crippen LogP contribution >= 0.6 is 0 Å². The zero-order valence-electron chi connectivity index (χ0n) is 9.49. The summed E-state index contributed by atoms with van der Waals surface area (Å²) in [5.41, 5.74) is 0. The Kier molecular flexibility index (Phi) is 7.17. The van der Waals surface area contributed by atoms with Gasteiger partial charge in [0.2, 0.25) is 0 Å². The van der Waals surface area contributed by atoms with E-state index in [-0.39, 0.29) is 0 Å². The van der Waals surface area contributed by atoms with Crippen molar-refractivity contribution in [1.82, 2.24) is 0 Å². The number of hydrogen-bond donors (Lipinski definition) is 1. The van der Waals surface area contributed by atoms with Gasteiger partial charge in [0.25, 0.3) is 0 Å². The summed E-state index contributed by atoms with van der Waals surface area (Å²) in [5, 5.41) is 7.83. The van der Waals surface area contributed by atoms with Gasteiger partial charge in [0.05, 0.1) is 0 Å². The quantitative estimate of drug-likeness (QED) is 0.655. The van der Waals surface area contributed by atoms with E-state index in [4.69, 9.17) is 5.11 Å². The molecule has 0 aromatic heterocycles. The van der Waals surface area contributed by atoms with Crippen LogP contribution in [-0.4, -0.2) is 11.1 Å². The molecule has 1 N–H and O–H groups in total. The first-order valence-electron chi connectivity index (χ1n) is 5.41. The minimum absolute atomic E-state index is 0.891. The average Bonchev–Trinajstić information content (AvgIpc) is 2.03. The molecule has 14 heavy (non-hydrogen) atoms. The van der Waals surface area contributed by atoms with Gasteiger partial charge in [0.1, 0.15) is 0 Å². The topological polar surface area (TPSA) is 37.3 Å². The summed E-state index contributed by atoms with van der Waals surface area (Å²) in [7, 11) is 0. The lowest BCUT2D eigenvalue weighted by molar-refractivity contribution is -0.131. The molecule has 0 aromatic rings. The maximum absolute atomic E-state index is 9.51. The summed E-state index contributed by atoms with van der Waals surface area (Å²) < 4.78 is 0. The van der Waals surface area contributed by atoms with Crippen molar-refractivity contribution in [2.45, 2.75) is 46.5 Å². The highest BCUT2D eigenvalue weighted by Gasteiger charge is 2.13. The molecule has 2 heteroatoms. The number of hydrogen-bond acceptors (Lipinski definition) is 1. The number of allylic oxidation sites excluding steroid dienone is 1. The Morgan fingerprint density at radius 1 is 1.29 bits per heavy atom. The second-order valence-electron chi connectivity index (χ2n) is 4.22. The molecule has 1 rings (SSSR count). The molecule has 0 spiro atoms. The Labute approximate surface area is 87.0 Å². The van der Waals surface area contributed by atoms with Crippen molar-refractivity contribution < 1.29 is 9.90 Å². The van der Waals surface area contributed by atoms with Gasteiger partial charge in [-0.05, 0) is 25.2 Å². The summed E-state index contributed by atoms with van der Waals surface area (Å²) in [5.74, 6) is 1.13. The van der Waals surface area contributed by atoms with Crippen LogP contribution in [-0.2, 0) is 4.79 Å². The van der Waals surface area contributed by atoms with Gasteiger partial charge in [-0.1, -0.05) is 39.2 Å². The number of aliphatic carboxylic acids is 1. The molecule has 82 valence electrons. The van der Waals surface area contributed by atoms with Crippen LogP contribution in [0, 0.1) is 11.8 Å². The Hall–Kier alpha value is -0.790. The molecule has 0 bridgehead atoms. The van der Waals surface area contributed by atoms with Gasteiger partial charge < -0.3 is 5.11 Å². The third-order valence-electron chi connectivity index (χ3n) is 2.51. The van der Waals surface area contributed by atoms with E-state index in [9.17, 15) is 4.79 Å². The first-order chi connectivity index (χ1) is 6.56. The highest BCUT2D eigenvalue weighted by molar-refractivity contribution is 5.79. The lowest BCUT2D eigenvalue weighted by Crippen LogP contribution is -2.09. The Morgan fingerprint density at radius 3 is 1.93 bits per heavy atom. The largest absolute Gasteiger partial charge is 0.478 e. The van der Waals surface area contributed by atoms with Crippen LogP contribution in [0.5, 0.6) is 0 Å². The molecule has 2 nitrogen and oxygen atoms in total. The normalized spacial score (nSPS) is 26.8. The van der Waals surface area contributed by atoms with E-state index in [1.807, 2.05) is 0 Å². The fourth-order valence-electron chi connectivity index (χ4n) is 1.88. The van der Waals surface area contributed by atoms with Crippen molar-refractivity contribution in [3.05, 3.63) is 12.2 Å². The van der Waals surface area contributed by atoms with Crippen LogP contribution in [0.4, 0.5) is 0 Å². The van der Waals surface area contributed by atoms with E-state index >= 15 is 0 Å². The van der Waals surface area contributed by atoms with Crippen LogP contribution < -0.4 is 0 Å². The molecule has 0 amide bonds. The predicted molar refractivity (Wildman–Crippen MR) is 59.2 cm³/mol. The lowest BCUT2D eigenvalue weighted by atomic mass is 9.84. The number of rotatable bonds is 1. The van der Waals surface area contributed by atoms with Gasteiger partial charge in [0, 0.05) is 6.08 Å². The predicted octanol–water partition coefficient (Wildman–Crippen LogP) is 3.48. The van der Waals surface area contributed by atoms with Crippen molar-refractivity contribution >= 4 is 5.97 Å². The van der Waals surface area contributed by atoms with E-state index < -0.39 is 5.97 Å². The van der Waals surface area contributed by atoms with Gasteiger partial charge in [-0.2, -0.15) is 0 Å². The van der Waals surface area contributed by atoms with Gasteiger partial charge >= 0.3 is 5.97 Å². The van der Waals surface area contributed by atoms with Gasteiger partial charge in [-0.25, -0.2) is 4.79 Å². The second-order valence-corrected chi connectivity index (χ2v) is 4.22. The van der Waals surface area contributed by atoms with Crippen LogP contribution in [0.1, 0.15) is 46.5 Å². The van der Waals surface area contributed by atoms with E-state index in [2.05, 4.69) is 13.8 Å². The Morgan fingerprint density at radius 2 is 1.79 bits per heavy atom. The molecule has 2 atom stereocenters. The Bertz CT molecular complexity index is 177. The molecular weight excluding hydrogens is 176 g/mol. The van der Waals surface area contributed by atoms with Gasteiger partial charge in [0.15, 0.2) is 0 Å². The van der Waals surface area contributed by atoms with E-state index in [0.717, 1.165) is 17.9 Å². The lowest BCUT2D eigenvalue weighted by Gasteiger charge is -2.22. The molecule has 0 saturated heterocycles. The van der Waals surface area contributed by atoms with Gasteiger partial charge in [-0.15, -0.1) is 0 Å². The zero-order chi connectivity index (χ0) is 11.0. The fraction of sp³-hybridized carbons (Fsp3) is 0.750. The summed E-state index contributed by atoms with van der Waals surface area (Å²) >= 11 is 0. The van der Waals surface area contributed by atoms with Crippen molar-refractivity contribution in [3.63, 3.8) is 0 Å². The van der Waals surface area contributed by atoms with E-state index in [0.29, 0.717) is 0 Å². The molecular formula is C12H22O2. The second kappa shape index (κ2) is 7.60. The van der Waals surface area contributed by atoms with Crippen molar-refractivity contribution in [2.24, 2.45) is 11.8 Å². The molecule has 1 aliphatic rings. The highest BCUT2D eigenvalue weighted by Crippen LogP contribution is 2.27. The third-order valence-corrected chi connectivity index (χ3v) is 2.51. The Balaban J connectivity index is 0.000000255. The molecule has 1 fully saturated rings. The molecule has 1 saturated carbocycles. The first kappa shape index (κ1) is 13.2. The zero-order valence-corrected chi connectivity index (χ0v) is 9.49. The smallest absolute Gasteiger partial charge is 0.327 e. The van der Waals surface area contributed by atoms with Crippen molar-refractivity contribution in [3.8, 4) is 0 Å². The van der Waals surface area contributed by atoms with Crippen LogP contribution in [0.2, 0.25) is 0 Å². The van der Waals surface area contributed by atoms with Crippen LogP contribution in [0.3, 0.4) is 0 Å². The van der Waals surface area contributed by atoms with E-state index in [1.54, 1.807) is 6.92 Å². The molecule has 0 unspecified atom stereocenters. The summed E-state index contributed by atoms with van der Waals surface area (Å²) in [6.45, 7) is 6.40. The SMILES string of the molecule is C/C=C/C(=O)O.C[C@@H]1CCC[C@H](C)C1. The summed E-state index contributed by atoms with van der Waals surface area (Å²) in [4.78, 5) is 9.51. The first-order valence-corrected chi connectivity index (χ1v) is 5.41. The van der Waals surface area contributed by atoms with Crippen LogP contribution in [0.25, 0.3) is 0 Å². The molecule has 1 aliphatic carbocycles. The highest BCUT2D eigenvalue weighted by atomic mass is 16.4. The van der Waals surface area contributed by atoms with Crippen molar-refractivity contribution in [1.29, 1.82) is 0 Å². The molecule has 0 aliphatic heterocycles. The number of carboxylic acid groups (broad SMARTS) is 1. The molecule has 0 heterocycles. The third kappa shape index (κ3) is 7.84. The standard InChI is InChI=1S/C8H16.C4H6O2/c1-7-4-3-5-8(2)6-7;1-2-3-4(5)6/h7-8H,3-6H2,1-2H3;2-3H,1H3,(H,5,6)/b;3-2+/t7-,8+;. The summed E-state index contributed by atoms with van der Waals surface area (Å²) in [6, 6.07) is 0. The van der Waals surface area contributed by atoms with Crippen LogP contribution in [0.15, 0.2) is 12.2 Å². The van der Waals surface area contributed by atoms with Gasteiger partial charge in [-0.3, -0.25) is 0 Å². The summed E-state index contributed by atoms with van der Waals surface area (Å²) in [6.07, 6.45) is 8.46. The molecule has 0 radical (unpaired) electrons. The average molecular weight is 198 g/mol. The maximum atomic E-state index is 9.51. The minimum atomic E-state index is -0.891. The minimum Gasteiger partial charge on any atom is -0.478 e. The maximum Gasteiger partial charge on any atom is 0.327 e. The van der Waals surface area contributed by atoms with E-state index in [1.165, 1.54) is 31.8 Å².